The molecule has 72 valence electrons. The van der Waals surface area contributed by atoms with Crippen LogP contribution in [0.5, 0.6) is 0 Å². The molecule has 0 aliphatic heterocycles. The minimum absolute atomic E-state index is 0.449. The van der Waals surface area contributed by atoms with Crippen LogP contribution in [0.4, 0.5) is 22.0 Å². The first-order valence-electron chi connectivity index (χ1n) is 2.73. The van der Waals surface area contributed by atoms with Crippen LogP contribution in [0.25, 0.3) is 0 Å². The zero-order valence-corrected chi connectivity index (χ0v) is 5.82. The Morgan fingerprint density at radius 1 is 1.25 bits per heavy atom. The lowest BCUT2D eigenvalue weighted by atomic mass is 10.1. The van der Waals surface area contributed by atoms with Crippen LogP contribution in [0.2, 0.25) is 0 Å². The molecule has 1 unspecified atom stereocenters. The fraction of sp³-hybridized carbons (Fsp3) is 0.800. The van der Waals surface area contributed by atoms with Crippen molar-refractivity contribution < 1.29 is 31.9 Å². The van der Waals surface area contributed by atoms with Crippen molar-refractivity contribution in [1.82, 2.24) is 0 Å². The highest BCUT2D eigenvalue weighted by molar-refractivity contribution is 5.81. The highest BCUT2D eigenvalue weighted by atomic mass is 19.4. The van der Waals surface area contributed by atoms with Crippen LogP contribution >= 0.6 is 0 Å². The van der Waals surface area contributed by atoms with E-state index < -0.39 is 24.0 Å². The highest BCUT2D eigenvalue weighted by Gasteiger charge is 2.63. The second-order valence-corrected chi connectivity index (χ2v) is 2.13. The van der Waals surface area contributed by atoms with Gasteiger partial charge in [-0.3, -0.25) is 4.79 Å². The van der Waals surface area contributed by atoms with Gasteiger partial charge in [0.05, 0.1) is 0 Å². The summed E-state index contributed by atoms with van der Waals surface area (Å²) in [5.74, 6) is -7.00. The second kappa shape index (κ2) is 2.96. The topological polar surface area (TPSA) is 37.3 Å². The third-order valence-corrected chi connectivity index (χ3v) is 1.11. The summed E-state index contributed by atoms with van der Waals surface area (Å²) in [6.07, 6.45) is -9.23. The van der Waals surface area contributed by atoms with E-state index in [9.17, 15) is 26.7 Å². The maximum absolute atomic E-state index is 12.0. The molecule has 1 atom stereocenters. The van der Waals surface area contributed by atoms with Gasteiger partial charge in [-0.2, -0.15) is 22.0 Å². The SMILES string of the molecule is CC(=O)C(O)C(F)(F)C(F)(F)F. The summed E-state index contributed by atoms with van der Waals surface area (Å²) in [5, 5.41) is 8.17. The number of rotatable bonds is 2. The minimum atomic E-state index is -5.90. The molecule has 1 N–H and O–H groups in total. The maximum atomic E-state index is 12.0. The summed E-state index contributed by atoms with van der Waals surface area (Å²) in [5.41, 5.74) is 0. The van der Waals surface area contributed by atoms with Crippen molar-refractivity contribution >= 4 is 5.78 Å². The van der Waals surface area contributed by atoms with Crippen LogP contribution in [-0.4, -0.2) is 29.1 Å². The third-order valence-electron chi connectivity index (χ3n) is 1.11. The smallest absolute Gasteiger partial charge is 0.379 e. The van der Waals surface area contributed by atoms with Gasteiger partial charge in [-0.1, -0.05) is 0 Å². The normalized spacial score (nSPS) is 15.9. The number of Topliss-reactive ketones (excluding diaryl/α,β-unsaturated/α-hetero) is 1. The Kier molecular flexibility index (Phi) is 2.79. The van der Waals surface area contributed by atoms with Crippen molar-refractivity contribution in [2.45, 2.75) is 25.1 Å². The van der Waals surface area contributed by atoms with E-state index in [-0.39, 0.29) is 0 Å². The standard InChI is InChI=1S/C5H5F5O2/c1-2(11)3(12)4(6,7)5(8,9)10/h3,12H,1H3. The molecule has 0 aromatic heterocycles. The molecular weight excluding hydrogens is 187 g/mol. The van der Waals surface area contributed by atoms with E-state index >= 15 is 0 Å². The van der Waals surface area contributed by atoms with Crippen molar-refractivity contribution in [2.24, 2.45) is 0 Å². The van der Waals surface area contributed by atoms with E-state index in [1.807, 2.05) is 0 Å². The number of hydrogen-bond donors (Lipinski definition) is 1. The molecular formula is C5H5F5O2. The Balaban J connectivity index is 4.73. The molecule has 0 aromatic carbocycles. The minimum Gasteiger partial charge on any atom is -0.379 e. The molecule has 12 heavy (non-hydrogen) atoms. The molecule has 2 nitrogen and oxygen atoms in total. The predicted octanol–water partition coefficient (Wildman–Crippen LogP) is 1.13. The fourth-order valence-corrected chi connectivity index (χ4v) is 0.410. The number of carbonyl (C=O) groups excluding carboxylic acids is 1. The van der Waals surface area contributed by atoms with Gasteiger partial charge in [-0.15, -0.1) is 0 Å². The summed E-state index contributed by atoms with van der Waals surface area (Å²) in [6.45, 7) is 0.449. The summed E-state index contributed by atoms with van der Waals surface area (Å²) in [4.78, 5) is 10.0. The number of alkyl halides is 5. The highest BCUT2D eigenvalue weighted by Crippen LogP contribution is 2.38. The number of halogens is 5. The first-order chi connectivity index (χ1) is 5.10. The molecule has 0 saturated heterocycles. The van der Waals surface area contributed by atoms with Crippen LogP contribution in [0.15, 0.2) is 0 Å². The van der Waals surface area contributed by atoms with Crippen LogP contribution < -0.4 is 0 Å². The van der Waals surface area contributed by atoms with Gasteiger partial charge in [-0.25, -0.2) is 0 Å². The molecule has 0 aromatic rings. The first kappa shape index (κ1) is 11.3. The molecule has 0 spiro atoms. The number of hydrogen-bond acceptors (Lipinski definition) is 2. The van der Waals surface area contributed by atoms with Crippen molar-refractivity contribution in [3.05, 3.63) is 0 Å². The molecule has 0 bridgehead atoms. The molecule has 0 rings (SSSR count). The van der Waals surface area contributed by atoms with Crippen LogP contribution in [-0.2, 0) is 4.79 Å². The molecule has 0 aliphatic rings. The van der Waals surface area contributed by atoms with Gasteiger partial charge in [0.2, 0.25) is 0 Å². The predicted molar refractivity (Wildman–Crippen MR) is 27.7 cm³/mol. The lowest BCUT2D eigenvalue weighted by molar-refractivity contribution is -0.307. The molecule has 7 heteroatoms. The number of aliphatic hydroxyl groups is 1. The van der Waals surface area contributed by atoms with Gasteiger partial charge in [0.25, 0.3) is 0 Å². The average Bonchev–Trinajstić information content (AvgIpc) is 1.83. The zero-order valence-electron chi connectivity index (χ0n) is 5.82. The Morgan fingerprint density at radius 3 is 1.67 bits per heavy atom. The first-order valence-corrected chi connectivity index (χ1v) is 2.73. The third kappa shape index (κ3) is 1.90. The van der Waals surface area contributed by atoms with Crippen LogP contribution in [0, 0.1) is 0 Å². The lowest BCUT2D eigenvalue weighted by Gasteiger charge is -2.22. The average molecular weight is 192 g/mol. The number of ketones is 1. The molecule has 0 aliphatic carbocycles. The van der Waals surface area contributed by atoms with Crippen LogP contribution in [0.3, 0.4) is 0 Å². The molecule has 0 saturated carbocycles. The molecule has 0 heterocycles. The Hall–Kier alpha value is -0.720. The van der Waals surface area contributed by atoms with E-state index in [1.54, 1.807) is 0 Å². The van der Waals surface area contributed by atoms with Crippen molar-refractivity contribution in [3.63, 3.8) is 0 Å². The quantitative estimate of drug-likeness (QED) is 0.666. The monoisotopic (exact) mass is 192 g/mol. The molecule has 0 fully saturated rings. The van der Waals surface area contributed by atoms with E-state index in [2.05, 4.69) is 0 Å². The van der Waals surface area contributed by atoms with Crippen molar-refractivity contribution in [1.29, 1.82) is 0 Å². The fourth-order valence-electron chi connectivity index (χ4n) is 0.410. The molecule has 0 radical (unpaired) electrons. The van der Waals surface area contributed by atoms with Gasteiger partial charge in [0, 0.05) is 0 Å². The van der Waals surface area contributed by atoms with Crippen molar-refractivity contribution in [3.8, 4) is 0 Å². The zero-order chi connectivity index (χ0) is 10.2. The maximum Gasteiger partial charge on any atom is 0.456 e. The van der Waals surface area contributed by atoms with Gasteiger partial charge >= 0.3 is 12.1 Å². The second-order valence-electron chi connectivity index (χ2n) is 2.13. The summed E-state index contributed by atoms with van der Waals surface area (Å²) < 4.78 is 58.1. The van der Waals surface area contributed by atoms with Gasteiger partial charge in [-0.05, 0) is 6.92 Å². The Bertz CT molecular complexity index is 185. The lowest BCUT2D eigenvalue weighted by Crippen LogP contribution is -2.50. The largest absolute Gasteiger partial charge is 0.456 e. The van der Waals surface area contributed by atoms with Gasteiger partial charge in [0.1, 0.15) is 0 Å². The van der Waals surface area contributed by atoms with Gasteiger partial charge in [0.15, 0.2) is 11.9 Å². The Morgan fingerprint density at radius 2 is 1.58 bits per heavy atom. The van der Waals surface area contributed by atoms with E-state index in [0.717, 1.165) is 0 Å². The number of carbonyl (C=O) groups is 1. The number of aliphatic hydroxyl groups excluding tert-OH is 1. The summed E-state index contributed by atoms with van der Waals surface area (Å²) in [6, 6.07) is 0. The van der Waals surface area contributed by atoms with E-state index in [0.29, 0.717) is 6.92 Å². The van der Waals surface area contributed by atoms with Crippen molar-refractivity contribution in [2.75, 3.05) is 0 Å². The van der Waals surface area contributed by atoms with Crippen LogP contribution in [0.1, 0.15) is 6.92 Å². The summed E-state index contributed by atoms with van der Waals surface area (Å²) >= 11 is 0. The van der Waals surface area contributed by atoms with Gasteiger partial charge < -0.3 is 5.11 Å². The summed E-state index contributed by atoms with van der Waals surface area (Å²) in [7, 11) is 0. The molecule has 0 amide bonds. The Labute approximate surface area is 64.0 Å². The van der Waals surface area contributed by atoms with E-state index in [1.165, 1.54) is 0 Å². The van der Waals surface area contributed by atoms with E-state index in [4.69, 9.17) is 5.11 Å².